The molecule has 0 aromatic heterocycles. The summed E-state index contributed by atoms with van der Waals surface area (Å²) in [5.41, 5.74) is 3.57. The second-order valence-electron chi connectivity index (χ2n) is 10.0. The van der Waals surface area contributed by atoms with Crippen LogP contribution in [0.1, 0.15) is 54.1 Å². The standard InChI is InChI=1S/C28H35NO4/c1-19-26-16-22-8-11-24(31-2)17-25(22)28(19,12-14-29(26)18-20-4-5-20)13-15-33-23-9-6-21(7-10-23)27(30)32-3/h6-11,17,19-20,26H,4-5,12-16,18H2,1-3H3/t19-,26?,28?/m0/s1. The van der Waals surface area contributed by atoms with Crippen molar-refractivity contribution in [2.75, 3.05) is 33.9 Å². The summed E-state index contributed by atoms with van der Waals surface area (Å²) >= 11 is 0. The zero-order valence-corrected chi connectivity index (χ0v) is 20.0. The van der Waals surface area contributed by atoms with Gasteiger partial charge in [0.25, 0.3) is 0 Å². The molecule has 2 aliphatic carbocycles. The first-order chi connectivity index (χ1) is 16.0. The van der Waals surface area contributed by atoms with Crippen LogP contribution in [-0.2, 0) is 16.6 Å². The Morgan fingerprint density at radius 2 is 1.85 bits per heavy atom. The van der Waals surface area contributed by atoms with Gasteiger partial charge in [0.15, 0.2) is 0 Å². The van der Waals surface area contributed by atoms with Crippen molar-refractivity contribution in [3.05, 3.63) is 59.2 Å². The summed E-state index contributed by atoms with van der Waals surface area (Å²) in [7, 11) is 3.15. The minimum atomic E-state index is -0.328. The van der Waals surface area contributed by atoms with Gasteiger partial charge in [-0.25, -0.2) is 4.79 Å². The number of nitrogens with zero attached hydrogens (tertiary/aromatic N) is 1. The Labute approximate surface area is 197 Å². The average molecular weight is 450 g/mol. The molecule has 2 aromatic carbocycles. The van der Waals surface area contributed by atoms with E-state index in [9.17, 15) is 4.79 Å². The Balaban J connectivity index is 1.36. The maximum absolute atomic E-state index is 11.7. The Morgan fingerprint density at radius 1 is 1.09 bits per heavy atom. The number of carbonyl (C=O) groups is 1. The fourth-order valence-corrected chi connectivity index (χ4v) is 6.16. The van der Waals surface area contributed by atoms with Crippen LogP contribution in [-0.4, -0.2) is 50.8 Å². The summed E-state index contributed by atoms with van der Waals surface area (Å²) in [6.45, 7) is 5.53. The first-order valence-electron chi connectivity index (χ1n) is 12.3. The van der Waals surface area contributed by atoms with Crippen LogP contribution in [0.5, 0.6) is 11.5 Å². The summed E-state index contributed by atoms with van der Waals surface area (Å²) in [5.74, 6) is 2.88. The summed E-state index contributed by atoms with van der Waals surface area (Å²) in [6, 6.07) is 14.5. The van der Waals surface area contributed by atoms with Crippen LogP contribution in [0.3, 0.4) is 0 Å². The van der Waals surface area contributed by atoms with Gasteiger partial charge in [-0.15, -0.1) is 0 Å². The van der Waals surface area contributed by atoms with Gasteiger partial charge < -0.3 is 14.2 Å². The number of fused-ring (bicyclic) bond motifs is 4. The van der Waals surface area contributed by atoms with E-state index in [1.165, 1.54) is 37.6 Å². The molecule has 2 fully saturated rings. The number of benzene rings is 2. The number of likely N-dealkylation sites (tertiary alicyclic amines) is 1. The van der Waals surface area contributed by atoms with Crippen LogP contribution in [0.15, 0.2) is 42.5 Å². The number of esters is 1. The highest BCUT2D eigenvalue weighted by molar-refractivity contribution is 5.89. The van der Waals surface area contributed by atoms with Crippen molar-refractivity contribution >= 4 is 5.97 Å². The number of carbonyl (C=O) groups excluding carboxylic acids is 1. The zero-order chi connectivity index (χ0) is 23.0. The van der Waals surface area contributed by atoms with Crippen molar-refractivity contribution in [1.82, 2.24) is 4.90 Å². The van der Waals surface area contributed by atoms with Gasteiger partial charge in [-0.2, -0.15) is 0 Å². The lowest BCUT2D eigenvalue weighted by atomic mass is 9.56. The molecular formula is C28H35NO4. The van der Waals surface area contributed by atoms with E-state index >= 15 is 0 Å². The van der Waals surface area contributed by atoms with Crippen molar-refractivity contribution in [2.24, 2.45) is 11.8 Å². The molecule has 5 heteroatoms. The largest absolute Gasteiger partial charge is 0.497 e. The Hall–Kier alpha value is -2.53. The molecule has 2 aromatic rings. The highest BCUT2D eigenvalue weighted by Gasteiger charge is 2.51. The lowest BCUT2D eigenvalue weighted by Crippen LogP contribution is -2.59. The van der Waals surface area contributed by atoms with E-state index in [0.29, 0.717) is 24.1 Å². The summed E-state index contributed by atoms with van der Waals surface area (Å²) in [5, 5.41) is 0. The number of piperidine rings is 1. The fraction of sp³-hybridized carbons (Fsp3) is 0.536. The molecule has 1 saturated carbocycles. The summed E-state index contributed by atoms with van der Waals surface area (Å²) < 4.78 is 16.6. The lowest BCUT2D eigenvalue weighted by molar-refractivity contribution is 0.00988. The van der Waals surface area contributed by atoms with E-state index in [0.717, 1.165) is 43.2 Å². The molecule has 3 atom stereocenters. The molecule has 3 aliphatic rings. The fourth-order valence-electron chi connectivity index (χ4n) is 6.16. The van der Waals surface area contributed by atoms with Gasteiger partial charge in [0, 0.05) is 18.0 Å². The second-order valence-corrected chi connectivity index (χ2v) is 10.0. The molecule has 2 unspecified atom stereocenters. The van der Waals surface area contributed by atoms with E-state index in [-0.39, 0.29) is 11.4 Å². The molecule has 176 valence electrons. The van der Waals surface area contributed by atoms with Gasteiger partial charge in [0.2, 0.25) is 0 Å². The topological polar surface area (TPSA) is 48.0 Å². The molecule has 0 amide bonds. The van der Waals surface area contributed by atoms with Gasteiger partial charge in [-0.1, -0.05) is 13.0 Å². The Bertz CT molecular complexity index is 999. The van der Waals surface area contributed by atoms with Gasteiger partial charge in [0.1, 0.15) is 11.5 Å². The molecule has 1 saturated heterocycles. The van der Waals surface area contributed by atoms with Crippen LogP contribution in [0.2, 0.25) is 0 Å². The van der Waals surface area contributed by atoms with E-state index < -0.39 is 0 Å². The zero-order valence-electron chi connectivity index (χ0n) is 20.0. The molecule has 0 radical (unpaired) electrons. The van der Waals surface area contributed by atoms with Gasteiger partial charge in [-0.3, -0.25) is 4.90 Å². The normalized spacial score (nSPS) is 26.4. The Kier molecular flexibility index (Phi) is 6.09. The molecular weight excluding hydrogens is 414 g/mol. The smallest absolute Gasteiger partial charge is 0.337 e. The van der Waals surface area contributed by atoms with Crippen LogP contribution in [0.25, 0.3) is 0 Å². The molecule has 5 nitrogen and oxygen atoms in total. The molecule has 0 N–H and O–H groups in total. The maximum atomic E-state index is 11.7. The number of hydrogen-bond acceptors (Lipinski definition) is 5. The van der Waals surface area contributed by atoms with Crippen LogP contribution < -0.4 is 9.47 Å². The predicted molar refractivity (Wildman–Crippen MR) is 128 cm³/mol. The molecule has 2 bridgehead atoms. The monoisotopic (exact) mass is 449 g/mol. The van der Waals surface area contributed by atoms with E-state index in [1.807, 2.05) is 12.1 Å². The van der Waals surface area contributed by atoms with Gasteiger partial charge >= 0.3 is 5.97 Å². The first-order valence-corrected chi connectivity index (χ1v) is 12.3. The second kappa shape index (κ2) is 9.02. The third-order valence-corrected chi connectivity index (χ3v) is 8.33. The van der Waals surface area contributed by atoms with E-state index in [2.05, 4.69) is 30.0 Å². The molecule has 33 heavy (non-hydrogen) atoms. The molecule has 0 spiro atoms. The van der Waals surface area contributed by atoms with Gasteiger partial charge in [-0.05, 0) is 98.0 Å². The van der Waals surface area contributed by atoms with E-state index in [4.69, 9.17) is 14.2 Å². The number of methoxy groups -OCH3 is 2. The third kappa shape index (κ3) is 4.23. The summed E-state index contributed by atoms with van der Waals surface area (Å²) in [4.78, 5) is 14.5. The summed E-state index contributed by atoms with van der Waals surface area (Å²) in [6.07, 6.45) is 6.06. The highest BCUT2D eigenvalue weighted by Crippen LogP contribution is 2.52. The maximum Gasteiger partial charge on any atom is 0.337 e. The number of ether oxygens (including phenoxy) is 3. The number of hydrogen-bond donors (Lipinski definition) is 0. The van der Waals surface area contributed by atoms with Crippen molar-refractivity contribution in [3.63, 3.8) is 0 Å². The Morgan fingerprint density at radius 3 is 2.55 bits per heavy atom. The molecule has 1 heterocycles. The predicted octanol–water partition coefficient (Wildman–Crippen LogP) is 4.87. The minimum Gasteiger partial charge on any atom is -0.497 e. The average Bonchev–Trinajstić information content (AvgIpc) is 3.66. The van der Waals surface area contributed by atoms with Crippen molar-refractivity contribution in [1.29, 1.82) is 0 Å². The van der Waals surface area contributed by atoms with Crippen molar-refractivity contribution < 1.29 is 19.0 Å². The third-order valence-electron chi connectivity index (χ3n) is 8.33. The lowest BCUT2D eigenvalue weighted by Gasteiger charge is -2.56. The van der Waals surface area contributed by atoms with Crippen LogP contribution in [0, 0.1) is 11.8 Å². The quantitative estimate of drug-likeness (QED) is 0.539. The molecule has 5 rings (SSSR count). The van der Waals surface area contributed by atoms with Crippen LogP contribution in [0.4, 0.5) is 0 Å². The van der Waals surface area contributed by atoms with Crippen molar-refractivity contribution in [3.8, 4) is 11.5 Å². The first kappa shape index (κ1) is 22.3. The van der Waals surface area contributed by atoms with E-state index in [1.54, 1.807) is 19.2 Å². The van der Waals surface area contributed by atoms with Crippen LogP contribution >= 0.6 is 0 Å². The minimum absolute atomic E-state index is 0.0960. The molecule has 1 aliphatic heterocycles. The number of rotatable bonds is 8. The highest BCUT2D eigenvalue weighted by atomic mass is 16.5. The SMILES string of the molecule is COC(=O)c1ccc(OCCC23CCN(CC4CC4)C(Cc4ccc(OC)cc42)[C@@H]3C)cc1. The van der Waals surface area contributed by atoms with Crippen molar-refractivity contribution in [2.45, 2.75) is 50.5 Å². The van der Waals surface area contributed by atoms with Gasteiger partial charge in [0.05, 0.1) is 26.4 Å².